The Labute approximate surface area is 94.1 Å². The Balaban J connectivity index is 3.55. The van der Waals surface area contributed by atoms with Gasteiger partial charge in [0.25, 0.3) is 0 Å². The van der Waals surface area contributed by atoms with Crippen LogP contribution in [-0.4, -0.2) is 38.1 Å². The number of carbonyl (C=O) groups is 3. The zero-order valence-corrected chi connectivity index (χ0v) is 10.6. The van der Waals surface area contributed by atoms with E-state index in [0.29, 0.717) is 6.29 Å². The largest absolute Gasteiger partial charge is 0.478 e. The van der Waals surface area contributed by atoms with Gasteiger partial charge in [-0.1, -0.05) is 0 Å². The fraction of sp³-hybridized carbons (Fsp3) is 0.100. The summed E-state index contributed by atoms with van der Waals surface area (Å²) in [5, 5.41) is 17.7. The Kier molecular flexibility index (Phi) is 3.70. The molecule has 0 amide bonds. The summed E-state index contributed by atoms with van der Waals surface area (Å²) >= 11 is 0. The maximum atomic E-state index is 11.2. The maximum Gasteiger partial charge on any atom is 0.336 e. The molecule has 16 heavy (non-hydrogen) atoms. The third-order valence-corrected chi connectivity index (χ3v) is 2.75. The van der Waals surface area contributed by atoms with E-state index in [1.165, 1.54) is 12.1 Å². The van der Waals surface area contributed by atoms with E-state index in [1.807, 2.05) is 0 Å². The highest BCUT2D eigenvalue weighted by atomic mass is 28.1. The minimum Gasteiger partial charge on any atom is -0.478 e. The fourth-order valence-electron chi connectivity index (χ4n) is 1.41. The van der Waals surface area contributed by atoms with Crippen LogP contribution < -0.4 is 0 Å². The van der Waals surface area contributed by atoms with Crippen LogP contribution in [0.3, 0.4) is 0 Å². The van der Waals surface area contributed by atoms with Crippen molar-refractivity contribution in [1.82, 2.24) is 0 Å². The molecule has 84 valence electrons. The molecular formula is C10H10O5Si. The van der Waals surface area contributed by atoms with E-state index in [4.69, 9.17) is 10.2 Å². The van der Waals surface area contributed by atoms with Crippen molar-refractivity contribution in [3.8, 4) is 0 Å². The van der Waals surface area contributed by atoms with Gasteiger partial charge in [0.2, 0.25) is 0 Å². The zero-order chi connectivity index (χ0) is 12.3. The van der Waals surface area contributed by atoms with Crippen molar-refractivity contribution in [2.24, 2.45) is 0 Å². The molecular weight excluding hydrogens is 228 g/mol. The monoisotopic (exact) mass is 238 g/mol. The van der Waals surface area contributed by atoms with Gasteiger partial charge < -0.3 is 15.0 Å². The summed E-state index contributed by atoms with van der Waals surface area (Å²) in [6.45, 7) is -0.523. The third kappa shape index (κ3) is 2.23. The number of benzene rings is 1. The van der Waals surface area contributed by atoms with Gasteiger partial charge in [-0.2, -0.15) is 0 Å². The van der Waals surface area contributed by atoms with Crippen molar-refractivity contribution in [3.63, 3.8) is 0 Å². The number of aliphatic hydroxyl groups excluding tert-OH is 1. The van der Waals surface area contributed by atoms with Crippen LogP contribution in [-0.2, 0) is 6.61 Å². The normalized spacial score (nSPS) is 10.1. The molecule has 0 saturated carbocycles. The summed E-state index contributed by atoms with van der Waals surface area (Å²) in [4.78, 5) is 32.8. The molecule has 0 aliphatic rings. The lowest BCUT2D eigenvalue weighted by Crippen LogP contribution is -2.10. The van der Waals surface area contributed by atoms with Crippen LogP contribution in [0.15, 0.2) is 12.1 Å². The van der Waals surface area contributed by atoms with Crippen LogP contribution in [0.4, 0.5) is 0 Å². The van der Waals surface area contributed by atoms with E-state index in [9.17, 15) is 14.4 Å². The predicted molar refractivity (Wildman–Crippen MR) is 59.0 cm³/mol. The predicted octanol–water partition coefficient (Wildman–Crippen LogP) is -0.805. The van der Waals surface area contributed by atoms with Crippen LogP contribution in [0.2, 0.25) is 0 Å². The highest BCUT2D eigenvalue weighted by Gasteiger charge is 2.17. The third-order valence-electron chi connectivity index (χ3n) is 2.17. The minimum absolute atomic E-state index is 0.0799. The standard InChI is InChI=1S/C10H10O5Si/c11-3-6-1-5(10(15)16)2-7(4-12)8(6)9(13)14/h1-3,12H,4H2,16H3,(H,13,14). The fourth-order valence-corrected chi connectivity index (χ4v) is 1.70. The number of carboxylic acid groups (broad SMARTS) is 1. The van der Waals surface area contributed by atoms with Gasteiger partial charge in [-0.3, -0.25) is 4.79 Å². The van der Waals surface area contributed by atoms with Crippen LogP contribution in [0.25, 0.3) is 0 Å². The molecule has 2 N–H and O–H groups in total. The molecule has 1 rings (SSSR count). The summed E-state index contributed by atoms with van der Waals surface area (Å²) in [6, 6.07) is 2.55. The molecule has 0 bridgehead atoms. The SMILES string of the molecule is O=Cc1cc(C(=O)[SiH3])cc(CO)c1C(=O)O. The number of aldehydes is 1. The van der Waals surface area contributed by atoms with Crippen molar-refractivity contribution in [2.75, 3.05) is 0 Å². The first kappa shape index (κ1) is 12.3. The lowest BCUT2D eigenvalue weighted by Gasteiger charge is -2.08. The summed E-state index contributed by atoms with van der Waals surface area (Å²) < 4.78 is 0. The van der Waals surface area contributed by atoms with Gasteiger partial charge in [0.05, 0.1) is 22.4 Å². The van der Waals surface area contributed by atoms with Crippen LogP contribution in [0.1, 0.15) is 36.6 Å². The molecule has 0 saturated heterocycles. The zero-order valence-electron chi connectivity index (χ0n) is 8.56. The van der Waals surface area contributed by atoms with Gasteiger partial charge in [-0.25, -0.2) is 4.79 Å². The van der Waals surface area contributed by atoms with E-state index < -0.39 is 12.6 Å². The number of aromatic carboxylic acids is 1. The number of rotatable bonds is 4. The lowest BCUT2D eigenvalue weighted by atomic mass is 9.99. The van der Waals surface area contributed by atoms with Gasteiger partial charge in [0.1, 0.15) is 5.41 Å². The Morgan fingerprint density at radius 2 is 2.00 bits per heavy atom. The molecule has 0 fully saturated rings. The van der Waals surface area contributed by atoms with Crippen molar-refractivity contribution in [1.29, 1.82) is 0 Å². The van der Waals surface area contributed by atoms with Crippen molar-refractivity contribution >= 4 is 27.9 Å². The van der Waals surface area contributed by atoms with Crippen LogP contribution >= 0.6 is 0 Å². The number of carboxylic acids is 1. The van der Waals surface area contributed by atoms with Crippen LogP contribution in [0.5, 0.6) is 0 Å². The smallest absolute Gasteiger partial charge is 0.336 e. The van der Waals surface area contributed by atoms with Gasteiger partial charge in [0.15, 0.2) is 6.29 Å². The van der Waals surface area contributed by atoms with Gasteiger partial charge >= 0.3 is 5.97 Å². The summed E-state index contributed by atoms with van der Waals surface area (Å²) in [7, 11) is 0.268. The van der Waals surface area contributed by atoms with E-state index in [0.717, 1.165) is 0 Å². The Morgan fingerprint density at radius 3 is 2.38 bits per heavy atom. The van der Waals surface area contributed by atoms with E-state index in [2.05, 4.69) is 0 Å². The molecule has 0 unspecified atom stereocenters. The second-order valence-electron chi connectivity index (χ2n) is 3.24. The van der Waals surface area contributed by atoms with Gasteiger partial charge in [-0.05, 0) is 17.7 Å². The number of aliphatic hydroxyl groups is 1. The van der Waals surface area contributed by atoms with E-state index >= 15 is 0 Å². The molecule has 1 aromatic carbocycles. The summed E-state index contributed by atoms with van der Waals surface area (Å²) in [5.41, 5.74) is 0.0153. The quantitative estimate of drug-likeness (QED) is 0.529. The van der Waals surface area contributed by atoms with E-state index in [1.54, 1.807) is 0 Å². The molecule has 1 aromatic rings. The molecule has 0 aromatic heterocycles. The molecule has 0 aliphatic carbocycles. The highest BCUT2D eigenvalue weighted by molar-refractivity contribution is 6.62. The lowest BCUT2D eigenvalue weighted by molar-refractivity contribution is 0.0690. The first-order valence-corrected chi connectivity index (χ1v) is 5.48. The average molecular weight is 238 g/mol. The van der Waals surface area contributed by atoms with Crippen LogP contribution in [0, 0.1) is 0 Å². The molecule has 6 heteroatoms. The Morgan fingerprint density at radius 1 is 1.38 bits per heavy atom. The number of hydrogen-bond acceptors (Lipinski definition) is 4. The van der Waals surface area contributed by atoms with Crippen molar-refractivity contribution in [3.05, 3.63) is 34.4 Å². The topological polar surface area (TPSA) is 91.7 Å². The number of carbonyl (C=O) groups excluding carboxylic acids is 2. The minimum atomic E-state index is -1.29. The molecule has 5 nitrogen and oxygen atoms in total. The average Bonchev–Trinajstić information content (AvgIpc) is 2.26. The van der Waals surface area contributed by atoms with E-state index in [-0.39, 0.29) is 37.9 Å². The summed E-state index contributed by atoms with van der Waals surface area (Å²) in [6.07, 6.45) is 0.372. The maximum absolute atomic E-state index is 11.2. The Bertz CT molecular complexity index is 467. The van der Waals surface area contributed by atoms with Gasteiger partial charge in [0, 0.05) is 11.1 Å². The molecule has 0 heterocycles. The molecule has 0 radical (unpaired) electrons. The first-order chi connectivity index (χ1) is 7.51. The summed E-state index contributed by atoms with van der Waals surface area (Å²) in [5.74, 6) is -1.29. The highest BCUT2D eigenvalue weighted by Crippen LogP contribution is 2.17. The number of hydrogen-bond donors (Lipinski definition) is 2. The molecule has 0 aliphatic heterocycles. The van der Waals surface area contributed by atoms with Crippen molar-refractivity contribution < 1.29 is 24.6 Å². The Hall–Kier alpha value is -1.79. The first-order valence-electron chi connectivity index (χ1n) is 4.48. The second-order valence-corrected chi connectivity index (χ2v) is 4.15. The van der Waals surface area contributed by atoms with Gasteiger partial charge in [-0.15, -0.1) is 0 Å². The second kappa shape index (κ2) is 4.82. The molecule has 0 atom stereocenters. The molecule has 0 spiro atoms. The van der Waals surface area contributed by atoms with Crippen molar-refractivity contribution in [2.45, 2.75) is 6.61 Å².